The van der Waals surface area contributed by atoms with E-state index in [1.807, 2.05) is 73.6 Å². The molecule has 202 valence electrons. The Morgan fingerprint density at radius 2 is 1.79 bits per heavy atom. The Balaban J connectivity index is 1.64. The summed E-state index contributed by atoms with van der Waals surface area (Å²) in [7, 11) is 6.86. The molecule has 3 heterocycles. The van der Waals surface area contributed by atoms with Crippen molar-refractivity contribution in [2.24, 2.45) is 5.92 Å². The van der Waals surface area contributed by atoms with Gasteiger partial charge in [0.1, 0.15) is 5.75 Å². The van der Waals surface area contributed by atoms with E-state index in [-0.39, 0.29) is 11.8 Å². The van der Waals surface area contributed by atoms with Crippen LogP contribution in [0.4, 0.5) is 0 Å². The van der Waals surface area contributed by atoms with Gasteiger partial charge in [0, 0.05) is 30.0 Å². The van der Waals surface area contributed by atoms with Gasteiger partial charge in [0.2, 0.25) is 17.6 Å². The summed E-state index contributed by atoms with van der Waals surface area (Å²) in [5.74, 6) is 0.314. The maximum Gasteiger partial charge on any atom is 0.226 e. The topological polar surface area (TPSA) is 139 Å². The summed E-state index contributed by atoms with van der Waals surface area (Å²) in [5.41, 5.74) is -0.724. The van der Waals surface area contributed by atoms with Crippen LogP contribution in [0.25, 0.3) is 11.4 Å². The number of aromatic amines is 1. The molecule has 39 heavy (non-hydrogen) atoms. The Kier molecular flexibility index (Phi) is 6.01. The highest BCUT2D eigenvalue weighted by Gasteiger charge is 2.77. The highest BCUT2D eigenvalue weighted by Crippen LogP contribution is 2.69. The van der Waals surface area contributed by atoms with Crippen LogP contribution in [-0.2, 0) is 11.2 Å². The largest absolute Gasteiger partial charge is 0.481 e. The molecule has 11 heteroatoms. The predicted octanol–water partition coefficient (Wildman–Crippen LogP) is 2.09. The average molecular weight is 531 g/mol. The molecule has 0 saturated heterocycles. The van der Waals surface area contributed by atoms with Gasteiger partial charge in [-0.15, -0.1) is 10.2 Å². The highest BCUT2D eigenvalue weighted by atomic mass is 16.5. The standard InChI is InChI=1S/C28H30N6O5/c1-34(2)15-19-22(16-8-6-5-7-9-16)28(18-12-10-17(11-13-18)25-30-32-33-31-25)27(36,24(19)35)23-20(39-28)14-21(37-3)29-26(23)38-4/h5-14,19,22,24,35-36H,15H2,1-4H3,(H,30,31,32,33)/t19-,22-,24-,27+,28+/m1/s1. The molecular weight excluding hydrogens is 500 g/mol. The number of hydrogen-bond donors (Lipinski definition) is 3. The molecule has 1 saturated carbocycles. The van der Waals surface area contributed by atoms with Crippen molar-refractivity contribution in [3.8, 4) is 28.9 Å². The molecule has 5 atom stereocenters. The number of nitrogens with one attached hydrogen (secondary N) is 1. The first-order valence-electron chi connectivity index (χ1n) is 12.6. The third kappa shape index (κ3) is 3.54. The van der Waals surface area contributed by atoms with Crippen LogP contribution in [0, 0.1) is 5.92 Å². The highest BCUT2D eigenvalue weighted by molar-refractivity contribution is 5.62. The zero-order valence-corrected chi connectivity index (χ0v) is 22.1. The second-order valence-corrected chi connectivity index (χ2v) is 10.2. The molecule has 2 aromatic heterocycles. The number of hydrogen-bond acceptors (Lipinski definition) is 10. The van der Waals surface area contributed by atoms with Crippen molar-refractivity contribution in [2.75, 3.05) is 34.9 Å². The molecule has 1 fully saturated rings. The third-order valence-corrected chi connectivity index (χ3v) is 7.90. The molecule has 0 amide bonds. The van der Waals surface area contributed by atoms with Crippen molar-refractivity contribution in [2.45, 2.75) is 23.2 Å². The molecule has 2 aromatic carbocycles. The van der Waals surface area contributed by atoms with Gasteiger partial charge in [-0.1, -0.05) is 54.6 Å². The van der Waals surface area contributed by atoms with Gasteiger partial charge in [-0.2, -0.15) is 10.2 Å². The Hall–Kier alpha value is -4.06. The van der Waals surface area contributed by atoms with Crippen LogP contribution in [0.1, 0.15) is 22.6 Å². The van der Waals surface area contributed by atoms with Crippen LogP contribution in [-0.4, -0.2) is 81.7 Å². The van der Waals surface area contributed by atoms with E-state index in [2.05, 4.69) is 25.6 Å². The lowest BCUT2D eigenvalue weighted by molar-refractivity contribution is -0.152. The summed E-state index contributed by atoms with van der Waals surface area (Å²) in [4.78, 5) is 6.45. The van der Waals surface area contributed by atoms with Gasteiger partial charge < -0.3 is 29.3 Å². The van der Waals surface area contributed by atoms with Gasteiger partial charge in [-0.25, -0.2) is 0 Å². The lowest BCUT2D eigenvalue weighted by Crippen LogP contribution is -2.52. The first-order chi connectivity index (χ1) is 18.8. The molecule has 0 unspecified atom stereocenters. The normalized spacial score (nSPS) is 27.2. The molecule has 6 rings (SSSR count). The Labute approximate surface area is 225 Å². The van der Waals surface area contributed by atoms with Crippen LogP contribution < -0.4 is 14.2 Å². The number of pyridine rings is 1. The van der Waals surface area contributed by atoms with Crippen molar-refractivity contribution < 1.29 is 24.4 Å². The SMILES string of the molecule is COc1cc2c(c(OC)n1)[C@]1(O)[C@H](O)[C@H](CN(C)C)[C@@H](c3ccccc3)[C@]1(c1ccc(-c3nn[nH]n3)cc1)O2. The van der Waals surface area contributed by atoms with E-state index in [0.29, 0.717) is 29.2 Å². The number of tetrazole rings is 1. The van der Waals surface area contributed by atoms with Crippen LogP contribution in [0.3, 0.4) is 0 Å². The number of H-pyrrole nitrogens is 1. The summed E-state index contributed by atoms with van der Waals surface area (Å²) in [6.07, 6.45) is -1.23. The van der Waals surface area contributed by atoms with E-state index in [1.165, 1.54) is 14.2 Å². The number of aliphatic hydroxyl groups is 2. The summed E-state index contributed by atoms with van der Waals surface area (Å²) in [6, 6.07) is 18.9. The molecule has 3 N–H and O–H groups in total. The van der Waals surface area contributed by atoms with E-state index >= 15 is 0 Å². The summed E-state index contributed by atoms with van der Waals surface area (Å²) in [6.45, 7) is 0.496. The van der Waals surface area contributed by atoms with Gasteiger partial charge in [0.25, 0.3) is 0 Å². The number of ether oxygens (including phenoxy) is 3. The van der Waals surface area contributed by atoms with Gasteiger partial charge in [-0.3, -0.25) is 0 Å². The Bertz CT molecular complexity index is 1470. The molecule has 1 aliphatic heterocycles. The van der Waals surface area contributed by atoms with Gasteiger partial charge in [0.15, 0.2) is 11.2 Å². The first-order valence-corrected chi connectivity index (χ1v) is 12.6. The smallest absolute Gasteiger partial charge is 0.226 e. The zero-order chi connectivity index (χ0) is 27.4. The number of benzene rings is 2. The number of aromatic nitrogens is 5. The maximum absolute atomic E-state index is 12.9. The Morgan fingerprint density at radius 1 is 1.05 bits per heavy atom. The quantitative estimate of drug-likeness (QED) is 0.326. The van der Waals surface area contributed by atoms with Crippen LogP contribution in [0.15, 0.2) is 60.7 Å². The lowest BCUT2D eigenvalue weighted by Gasteiger charge is -2.41. The molecule has 0 radical (unpaired) electrons. The van der Waals surface area contributed by atoms with E-state index in [4.69, 9.17) is 14.2 Å². The summed E-state index contributed by atoms with van der Waals surface area (Å²) < 4.78 is 17.9. The van der Waals surface area contributed by atoms with E-state index in [9.17, 15) is 10.2 Å². The third-order valence-electron chi connectivity index (χ3n) is 7.90. The minimum absolute atomic E-state index is 0.133. The Morgan fingerprint density at radius 3 is 2.41 bits per heavy atom. The fraction of sp³-hybridized carbons (Fsp3) is 0.357. The van der Waals surface area contributed by atoms with Gasteiger partial charge >= 0.3 is 0 Å². The monoisotopic (exact) mass is 530 g/mol. The van der Waals surface area contributed by atoms with Crippen LogP contribution in [0.5, 0.6) is 17.5 Å². The number of nitrogens with zero attached hydrogens (tertiary/aromatic N) is 5. The first kappa shape index (κ1) is 25.2. The summed E-state index contributed by atoms with van der Waals surface area (Å²) >= 11 is 0. The van der Waals surface area contributed by atoms with Gasteiger partial charge in [-0.05, 0) is 30.4 Å². The number of fused-ring (bicyclic) bond motifs is 3. The minimum atomic E-state index is -1.91. The van der Waals surface area contributed by atoms with Crippen LogP contribution >= 0.6 is 0 Å². The van der Waals surface area contributed by atoms with E-state index < -0.39 is 29.1 Å². The fourth-order valence-electron chi connectivity index (χ4n) is 6.44. The number of aliphatic hydroxyl groups excluding tert-OH is 1. The van der Waals surface area contributed by atoms with Crippen molar-refractivity contribution in [1.82, 2.24) is 30.5 Å². The molecule has 1 aliphatic carbocycles. The fourth-order valence-corrected chi connectivity index (χ4v) is 6.44. The molecule has 0 bridgehead atoms. The van der Waals surface area contributed by atoms with Gasteiger partial charge in [0.05, 0.1) is 25.9 Å². The maximum atomic E-state index is 12.9. The molecule has 0 spiro atoms. The van der Waals surface area contributed by atoms with Crippen molar-refractivity contribution >= 4 is 0 Å². The molecule has 4 aromatic rings. The number of methoxy groups -OCH3 is 2. The zero-order valence-electron chi connectivity index (χ0n) is 22.1. The second kappa shape index (κ2) is 9.30. The summed E-state index contributed by atoms with van der Waals surface area (Å²) in [5, 5.41) is 39.3. The lowest BCUT2D eigenvalue weighted by atomic mass is 9.70. The minimum Gasteiger partial charge on any atom is -0.481 e. The van der Waals surface area contributed by atoms with E-state index in [0.717, 1.165) is 11.1 Å². The van der Waals surface area contributed by atoms with Crippen molar-refractivity contribution in [3.63, 3.8) is 0 Å². The molecule has 2 aliphatic rings. The van der Waals surface area contributed by atoms with E-state index in [1.54, 1.807) is 6.07 Å². The number of rotatable bonds is 7. The average Bonchev–Trinajstić information content (AvgIpc) is 3.62. The molecular formula is C28H30N6O5. The molecule has 11 nitrogen and oxygen atoms in total. The predicted molar refractivity (Wildman–Crippen MR) is 140 cm³/mol. The van der Waals surface area contributed by atoms with Crippen molar-refractivity contribution in [1.29, 1.82) is 0 Å². The second-order valence-electron chi connectivity index (χ2n) is 10.2. The van der Waals surface area contributed by atoms with Crippen molar-refractivity contribution in [3.05, 3.63) is 77.4 Å². The van der Waals surface area contributed by atoms with Crippen LogP contribution in [0.2, 0.25) is 0 Å².